The molecule has 0 amide bonds. The molecule has 2 aromatic rings. The van der Waals surface area contributed by atoms with Crippen LogP contribution in [0, 0.1) is 5.92 Å². The molecule has 1 aromatic carbocycles. The molecule has 0 radical (unpaired) electrons. The highest BCUT2D eigenvalue weighted by Gasteiger charge is 2.24. The molecule has 1 N–H and O–H groups in total. The standard InChI is InChI=1S/C17H23N3O3/c1-12(21)13-7-9-20(10-8-13)11-16-18-19-17(23-16)14-5-3-4-6-15(14)22-2/h3-6,12-13,21H,7-11H2,1-2H3. The number of hydrogen-bond donors (Lipinski definition) is 1. The number of para-hydroxylation sites is 1. The minimum absolute atomic E-state index is 0.224. The van der Waals surface area contributed by atoms with E-state index >= 15 is 0 Å². The zero-order valence-electron chi connectivity index (χ0n) is 13.6. The normalized spacial score (nSPS) is 18.0. The Hall–Kier alpha value is -1.92. The summed E-state index contributed by atoms with van der Waals surface area (Å²) in [6.45, 7) is 4.41. The average Bonchev–Trinajstić information content (AvgIpc) is 3.03. The summed E-state index contributed by atoms with van der Waals surface area (Å²) >= 11 is 0. The van der Waals surface area contributed by atoms with Gasteiger partial charge in [-0.15, -0.1) is 10.2 Å². The molecular formula is C17H23N3O3. The molecule has 6 heteroatoms. The lowest BCUT2D eigenvalue weighted by Crippen LogP contribution is -2.36. The predicted molar refractivity (Wildman–Crippen MR) is 86.0 cm³/mol. The molecule has 0 saturated carbocycles. The number of likely N-dealkylation sites (tertiary alicyclic amines) is 1. The molecule has 1 aliphatic heterocycles. The van der Waals surface area contributed by atoms with E-state index < -0.39 is 0 Å². The number of benzene rings is 1. The van der Waals surface area contributed by atoms with Crippen LogP contribution in [-0.4, -0.2) is 46.5 Å². The molecule has 0 spiro atoms. The number of aromatic nitrogens is 2. The first-order valence-corrected chi connectivity index (χ1v) is 8.03. The van der Waals surface area contributed by atoms with Crippen molar-refractivity contribution in [3.63, 3.8) is 0 Å². The molecule has 1 aliphatic rings. The van der Waals surface area contributed by atoms with E-state index in [1.165, 1.54) is 0 Å². The molecule has 2 heterocycles. The zero-order chi connectivity index (χ0) is 16.2. The number of aliphatic hydroxyl groups is 1. The number of rotatable bonds is 5. The van der Waals surface area contributed by atoms with Crippen molar-refractivity contribution >= 4 is 0 Å². The van der Waals surface area contributed by atoms with Gasteiger partial charge in [0, 0.05) is 0 Å². The van der Waals surface area contributed by atoms with E-state index in [0.717, 1.165) is 37.2 Å². The van der Waals surface area contributed by atoms with E-state index in [-0.39, 0.29) is 6.10 Å². The highest BCUT2D eigenvalue weighted by molar-refractivity contribution is 5.62. The maximum absolute atomic E-state index is 9.66. The maximum Gasteiger partial charge on any atom is 0.251 e. The fourth-order valence-corrected chi connectivity index (χ4v) is 3.03. The van der Waals surface area contributed by atoms with E-state index in [9.17, 15) is 5.11 Å². The lowest BCUT2D eigenvalue weighted by molar-refractivity contribution is 0.0668. The minimum atomic E-state index is -0.224. The first-order chi connectivity index (χ1) is 11.2. The Bertz CT molecular complexity index is 634. The number of piperidine rings is 1. The first kappa shape index (κ1) is 16.0. The van der Waals surface area contributed by atoms with Crippen LogP contribution >= 0.6 is 0 Å². The topological polar surface area (TPSA) is 71.6 Å². The third-order valence-corrected chi connectivity index (χ3v) is 4.48. The Kier molecular flexibility index (Phi) is 4.93. The van der Waals surface area contributed by atoms with Gasteiger partial charge in [0.2, 0.25) is 5.89 Å². The summed E-state index contributed by atoms with van der Waals surface area (Å²) in [6.07, 6.45) is 1.79. The van der Waals surface area contributed by atoms with Gasteiger partial charge in [-0.3, -0.25) is 4.90 Å². The molecule has 0 bridgehead atoms. The largest absolute Gasteiger partial charge is 0.496 e. The van der Waals surface area contributed by atoms with Gasteiger partial charge >= 0.3 is 0 Å². The van der Waals surface area contributed by atoms with Crippen molar-refractivity contribution in [3.8, 4) is 17.2 Å². The number of hydrogen-bond acceptors (Lipinski definition) is 6. The summed E-state index contributed by atoms with van der Waals surface area (Å²) in [6, 6.07) is 7.61. The van der Waals surface area contributed by atoms with Gasteiger partial charge in [0.15, 0.2) is 0 Å². The molecule has 23 heavy (non-hydrogen) atoms. The van der Waals surface area contributed by atoms with Crippen molar-refractivity contribution < 1.29 is 14.3 Å². The fraction of sp³-hybridized carbons (Fsp3) is 0.529. The molecule has 6 nitrogen and oxygen atoms in total. The van der Waals surface area contributed by atoms with Gasteiger partial charge in [-0.05, 0) is 50.9 Å². The molecule has 3 rings (SSSR count). The smallest absolute Gasteiger partial charge is 0.251 e. The first-order valence-electron chi connectivity index (χ1n) is 8.03. The summed E-state index contributed by atoms with van der Waals surface area (Å²) in [5, 5.41) is 18.0. The highest BCUT2D eigenvalue weighted by atomic mass is 16.5. The molecule has 1 unspecified atom stereocenters. The second-order valence-electron chi connectivity index (χ2n) is 6.06. The molecule has 1 aromatic heterocycles. The van der Waals surface area contributed by atoms with Crippen LogP contribution in [0.25, 0.3) is 11.5 Å². The maximum atomic E-state index is 9.66. The van der Waals surface area contributed by atoms with Crippen molar-refractivity contribution in [1.29, 1.82) is 0 Å². The van der Waals surface area contributed by atoms with E-state index in [0.29, 0.717) is 24.2 Å². The Balaban J connectivity index is 1.64. The van der Waals surface area contributed by atoms with Gasteiger partial charge in [0.1, 0.15) is 5.75 Å². The van der Waals surface area contributed by atoms with Crippen molar-refractivity contribution in [3.05, 3.63) is 30.2 Å². The number of nitrogens with zero attached hydrogens (tertiary/aromatic N) is 3. The summed E-state index contributed by atoms with van der Waals surface area (Å²) in [4.78, 5) is 2.29. The van der Waals surface area contributed by atoms with Crippen LogP contribution in [0.15, 0.2) is 28.7 Å². The van der Waals surface area contributed by atoms with Crippen LogP contribution in [0.1, 0.15) is 25.7 Å². The van der Waals surface area contributed by atoms with Gasteiger partial charge in [0.05, 0.1) is 25.3 Å². The van der Waals surface area contributed by atoms with Gasteiger partial charge in [-0.2, -0.15) is 0 Å². The van der Waals surface area contributed by atoms with Gasteiger partial charge in [-0.25, -0.2) is 0 Å². The fourth-order valence-electron chi connectivity index (χ4n) is 3.03. The number of ether oxygens (including phenoxy) is 1. The predicted octanol–water partition coefficient (Wildman–Crippen LogP) is 2.34. The zero-order valence-corrected chi connectivity index (χ0v) is 13.6. The molecule has 1 saturated heterocycles. The highest BCUT2D eigenvalue weighted by Crippen LogP contribution is 2.29. The minimum Gasteiger partial charge on any atom is -0.496 e. The number of aliphatic hydroxyl groups excluding tert-OH is 1. The van der Waals surface area contributed by atoms with Crippen molar-refractivity contribution in [2.24, 2.45) is 5.92 Å². The lowest BCUT2D eigenvalue weighted by atomic mass is 9.92. The van der Waals surface area contributed by atoms with Gasteiger partial charge in [-0.1, -0.05) is 12.1 Å². The molecular weight excluding hydrogens is 294 g/mol. The van der Waals surface area contributed by atoms with E-state index in [1.54, 1.807) is 7.11 Å². The number of methoxy groups -OCH3 is 1. The van der Waals surface area contributed by atoms with Crippen LogP contribution in [0.3, 0.4) is 0 Å². The third-order valence-electron chi connectivity index (χ3n) is 4.48. The van der Waals surface area contributed by atoms with Gasteiger partial charge < -0.3 is 14.3 Å². The summed E-state index contributed by atoms with van der Waals surface area (Å²) in [5.41, 5.74) is 0.807. The summed E-state index contributed by atoms with van der Waals surface area (Å²) in [7, 11) is 1.63. The van der Waals surface area contributed by atoms with Crippen LogP contribution < -0.4 is 4.74 Å². The van der Waals surface area contributed by atoms with E-state index in [2.05, 4.69) is 15.1 Å². The third kappa shape index (κ3) is 3.71. The Morgan fingerprint density at radius 2 is 2.04 bits per heavy atom. The van der Waals surface area contributed by atoms with Crippen molar-refractivity contribution in [1.82, 2.24) is 15.1 Å². The van der Waals surface area contributed by atoms with Gasteiger partial charge in [0.25, 0.3) is 5.89 Å². The Morgan fingerprint density at radius 3 is 2.74 bits per heavy atom. The van der Waals surface area contributed by atoms with Crippen LogP contribution in [0.2, 0.25) is 0 Å². The molecule has 124 valence electrons. The van der Waals surface area contributed by atoms with Crippen LogP contribution in [-0.2, 0) is 6.54 Å². The Labute approximate surface area is 136 Å². The van der Waals surface area contributed by atoms with Crippen LogP contribution in [0.4, 0.5) is 0 Å². The molecule has 0 aliphatic carbocycles. The summed E-state index contributed by atoms with van der Waals surface area (Å²) in [5.74, 6) is 2.22. The van der Waals surface area contributed by atoms with Crippen molar-refractivity contribution in [2.45, 2.75) is 32.4 Å². The Morgan fingerprint density at radius 1 is 1.30 bits per heavy atom. The lowest BCUT2D eigenvalue weighted by Gasteiger charge is -2.32. The molecule has 1 atom stereocenters. The van der Waals surface area contributed by atoms with E-state index in [1.807, 2.05) is 31.2 Å². The van der Waals surface area contributed by atoms with Crippen LogP contribution in [0.5, 0.6) is 5.75 Å². The molecule has 1 fully saturated rings. The summed E-state index contributed by atoms with van der Waals surface area (Å²) < 4.78 is 11.1. The van der Waals surface area contributed by atoms with Crippen molar-refractivity contribution in [2.75, 3.05) is 20.2 Å². The second kappa shape index (κ2) is 7.10. The van der Waals surface area contributed by atoms with E-state index in [4.69, 9.17) is 9.15 Å². The average molecular weight is 317 g/mol. The second-order valence-corrected chi connectivity index (χ2v) is 6.06. The SMILES string of the molecule is COc1ccccc1-c1nnc(CN2CCC(C(C)O)CC2)o1. The monoisotopic (exact) mass is 317 g/mol. The quantitative estimate of drug-likeness (QED) is 0.912.